The largest absolute Gasteiger partial charge is 0.350 e. The predicted molar refractivity (Wildman–Crippen MR) is 55.1 cm³/mol. The molecule has 2 rings (SSSR count). The number of ether oxygens (including phenoxy) is 2. The van der Waals surface area contributed by atoms with Crippen molar-refractivity contribution in [2.24, 2.45) is 0 Å². The van der Waals surface area contributed by atoms with Gasteiger partial charge in [-0.25, -0.2) is 0 Å². The van der Waals surface area contributed by atoms with Crippen LogP contribution in [0.2, 0.25) is 0 Å². The second kappa shape index (κ2) is 4.28. The highest BCUT2D eigenvalue weighted by Gasteiger charge is 2.38. The fourth-order valence-corrected chi connectivity index (χ4v) is 2.69. The Bertz CT molecular complexity index is 161. The van der Waals surface area contributed by atoms with Crippen LogP contribution in [0.25, 0.3) is 0 Å². The van der Waals surface area contributed by atoms with Gasteiger partial charge in [0.05, 0.1) is 12.7 Å². The fraction of sp³-hybridized carbons (Fsp3) is 1.00. The van der Waals surface area contributed by atoms with Gasteiger partial charge in [0.25, 0.3) is 0 Å². The van der Waals surface area contributed by atoms with E-state index in [9.17, 15) is 0 Å². The lowest BCUT2D eigenvalue weighted by Gasteiger charge is -2.43. The van der Waals surface area contributed by atoms with Crippen molar-refractivity contribution >= 4 is 15.9 Å². The minimum atomic E-state index is -0.199. The van der Waals surface area contributed by atoms with E-state index < -0.39 is 0 Å². The third-order valence-corrected chi connectivity index (χ3v) is 3.70. The lowest BCUT2D eigenvalue weighted by atomic mass is 9.93. The van der Waals surface area contributed by atoms with E-state index in [1.54, 1.807) is 0 Å². The molecule has 0 amide bonds. The van der Waals surface area contributed by atoms with Gasteiger partial charge in [-0.15, -0.1) is 0 Å². The zero-order valence-corrected chi connectivity index (χ0v) is 9.51. The summed E-state index contributed by atoms with van der Waals surface area (Å²) in [6.07, 6.45) is 7.45. The van der Waals surface area contributed by atoms with Gasteiger partial charge < -0.3 is 9.47 Å². The van der Waals surface area contributed by atoms with Crippen LogP contribution in [0.1, 0.15) is 38.5 Å². The first-order chi connectivity index (χ1) is 6.35. The van der Waals surface area contributed by atoms with Crippen molar-refractivity contribution in [3.05, 3.63) is 0 Å². The zero-order valence-electron chi connectivity index (χ0n) is 7.93. The third-order valence-electron chi connectivity index (χ3n) is 2.97. The van der Waals surface area contributed by atoms with Gasteiger partial charge in [-0.05, 0) is 19.3 Å². The Labute approximate surface area is 88.1 Å². The van der Waals surface area contributed by atoms with Crippen LogP contribution in [-0.4, -0.2) is 23.8 Å². The Morgan fingerprint density at radius 3 is 2.69 bits per heavy atom. The molecule has 0 bridgehead atoms. The van der Waals surface area contributed by atoms with E-state index in [-0.39, 0.29) is 5.79 Å². The molecule has 1 spiro atoms. The Balaban J connectivity index is 1.95. The summed E-state index contributed by atoms with van der Waals surface area (Å²) in [4.78, 5) is 0. The van der Waals surface area contributed by atoms with E-state index in [4.69, 9.17) is 9.47 Å². The molecule has 0 aromatic rings. The molecule has 1 heterocycles. The third kappa shape index (κ3) is 2.25. The minimum absolute atomic E-state index is 0.199. The number of alkyl halides is 1. The van der Waals surface area contributed by atoms with Crippen molar-refractivity contribution in [3.63, 3.8) is 0 Å². The summed E-state index contributed by atoms with van der Waals surface area (Å²) in [6.45, 7) is 0.871. The van der Waals surface area contributed by atoms with Crippen LogP contribution >= 0.6 is 15.9 Å². The molecule has 3 heteroatoms. The molecule has 0 radical (unpaired) electrons. The maximum absolute atomic E-state index is 5.99. The van der Waals surface area contributed by atoms with Crippen LogP contribution in [0.4, 0.5) is 0 Å². The SMILES string of the molecule is BrCC1CCOC2(CCCCC2)O1. The summed E-state index contributed by atoms with van der Waals surface area (Å²) >= 11 is 3.48. The quantitative estimate of drug-likeness (QED) is 0.665. The molecule has 2 nitrogen and oxygen atoms in total. The Morgan fingerprint density at radius 2 is 2.00 bits per heavy atom. The lowest BCUT2D eigenvalue weighted by Crippen LogP contribution is -2.46. The fourth-order valence-electron chi connectivity index (χ4n) is 2.23. The van der Waals surface area contributed by atoms with Crippen LogP contribution in [0, 0.1) is 0 Å². The van der Waals surface area contributed by atoms with Crippen LogP contribution in [-0.2, 0) is 9.47 Å². The average Bonchev–Trinajstić information content (AvgIpc) is 2.19. The van der Waals surface area contributed by atoms with Crippen LogP contribution in [0.5, 0.6) is 0 Å². The van der Waals surface area contributed by atoms with Crippen LogP contribution in [0.3, 0.4) is 0 Å². The molecule has 0 N–H and O–H groups in total. The van der Waals surface area contributed by atoms with E-state index in [2.05, 4.69) is 15.9 Å². The summed E-state index contributed by atoms with van der Waals surface area (Å²) in [7, 11) is 0. The Hall–Kier alpha value is 0.400. The highest BCUT2D eigenvalue weighted by atomic mass is 79.9. The minimum Gasteiger partial charge on any atom is -0.350 e. The highest BCUT2D eigenvalue weighted by Crippen LogP contribution is 2.37. The van der Waals surface area contributed by atoms with E-state index >= 15 is 0 Å². The highest BCUT2D eigenvalue weighted by molar-refractivity contribution is 9.09. The van der Waals surface area contributed by atoms with Crippen molar-refractivity contribution in [1.29, 1.82) is 0 Å². The molecule has 1 aliphatic heterocycles. The topological polar surface area (TPSA) is 18.5 Å². The van der Waals surface area contributed by atoms with E-state index in [1.165, 1.54) is 19.3 Å². The predicted octanol–water partition coefficient (Wildman–Crippen LogP) is 2.85. The van der Waals surface area contributed by atoms with Crippen molar-refractivity contribution in [2.75, 3.05) is 11.9 Å². The second-order valence-electron chi connectivity index (χ2n) is 4.00. The smallest absolute Gasteiger partial charge is 0.168 e. The van der Waals surface area contributed by atoms with Crippen molar-refractivity contribution in [1.82, 2.24) is 0 Å². The summed E-state index contributed by atoms with van der Waals surface area (Å²) in [5, 5.41) is 0.943. The van der Waals surface area contributed by atoms with Gasteiger partial charge in [-0.2, -0.15) is 0 Å². The average molecular weight is 249 g/mol. The molecule has 1 unspecified atom stereocenters. The standard InChI is InChI=1S/C10H17BrO2/c11-8-9-4-7-12-10(13-9)5-2-1-3-6-10/h9H,1-8H2. The molecule has 1 saturated carbocycles. The lowest BCUT2D eigenvalue weighted by molar-refractivity contribution is -0.300. The van der Waals surface area contributed by atoms with Crippen molar-refractivity contribution < 1.29 is 9.47 Å². The van der Waals surface area contributed by atoms with Crippen LogP contribution in [0.15, 0.2) is 0 Å². The molecule has 2 aliphatic rings. The molecule has 2 fully saturated rings. The van der Waals surface area contributed by atoms with Gasteiger partial charge in [-0.1, -0.05) is 22.4 Å². The molecular formula is C10H17BrO2. The van der Waals surface area contributed by atoms with E-state index in [0.29, 0.717) is 6.10 Å². The van der Waals surface area contributed by atoms with Gasteiger partial charge in [0.1, 0.15) is 0 Å². The number of hydrogen-bond donors (Lipinski definition) is 0. The molecular weight excluding hydrogens is 232 g/mol. The monoisotopic (exact) mass is 248 g/mol. The molecule has 76 valence electrons. The van der Waals surface area contributed by atoms with E-state index in [1.807, 2.05) is 0 Å². The molecule has 0 aromatic carbocycles. The maximum Gasteiger partial charge on any atom is 0.168 e. The van der Waals surface area contributed by atoms with Gasteiger partial charge in [0.15, 0.2) is 5.79 Å². The first-order valence-corrected chi connectivity index (χ1v) is 6.34. The molecule has 1 saturated heterocycles. The summed E-state index contributed by atoms with van der Waals surface area (Å²) < 4.78 is 11.8. The summed E-state index contributed by atoms with van der Waals surface area (Å²) in [5.41, 5.74) is 0. The van der Waals surface area contributed by atoms with Gasteiger partial charge in [0, 0.05) is 18.2 Å². The zero-order chi connectivity index (χ0) is 9.15. The number of rotatable bonds is 1. The normalized spacial score (nSPS) is 33.5. The molecule has 1 aliphatic carbocycles. The van der Waals surface area contributed by atoms with Crippen molar-refractivity contribution in [3.8, 4) is 0 Å². The molecule has 13 heavy (non-hydrogen) atoms. The number of halogens is 1. The Morgan fingerprint density at radius 1 is 1.23 bits per heavy atom. The molecule has 1 atom stereocenters. The second-order valence-corrected chi connectivity index (χ2v) is 4.65. The Kier molecular flexibility index (Phi) is 3.27. The first kappa shape index (κ1) is 9.94. The van der Waals surface area contributed by atoms with Gasteiger partial charge in [0.2, 0.25) is 0 Å². The molecule has 0 aromatic heterocycles. The summed E-state index contributed by atoms with van der Waals surface area (Å²) in [5.74, 6) is -0.199. The van der Waals surface area contributed by atoms with E-state index in [0.717, 1.165) is 31.2 Å². The maximum atomic E-state index is 5.99. The van der Waals surface area contributed by atoms with Gasteiger partial charge >= 0.3 is 0 Å². The van der Waals surface area contributed by atoms with Crippen molar-refractivity contribution in [2.45, 2.75) is 50.4 Å². The first-order valence-electron chi connectivity index (χ1n) is 5.22. The van der Waals surface area contributed by atoms with Gasteiger partial charge in [-0.3, -0.25) is 0 Å². The summed E-state index contributed by atoms with van der Waals surface area (Å²) in [6, 6.07) is 0. The van der Waals surface area contributed by atoms with Crippen LogP contribution < -0.4 is 0 Å². The number of hydrogen-bond acceptors (Lipinski definition) is 2.